The molecule has 1 fully saturated rings. The molecule has 1 saturated heterocycles. The Morgan fingerprint density at radius 3 is 2.72 bits per heavy atom. The van der Waals surface area contributed by atoms with Crippen LogP contribution >= 0.6 is 0 Å². The number of aryl methyl sites for hydroxylation is 2. The lowest BCUT2D eigenvalue weighted by Crippen LogP contribution is -2.50. The van der Waals surface area contributed by atoms with E-state index >= 15 is 0 Å². The zero-order chi connectivity index (χ0) is 17.2. The van der Waals surface area contributed by atoms with Crippen LogP contribution in [0.3, 0.4) is 0 Å². The molecule has 5 nitrogen and oxygen atoms in total. The van der Waals surface area contributed by atoms with E-state index in [1.807, 2.05) is 6.92 Å². The van der Waals surface area contributed by atoms with Crippen molar-refractivity contribution < 1.29 is 4.79 Å². The molecule has 4 rings (SSSR count). The molecule has 2 aromatic rings. The normalized spacial score (nSPS) is 21.2. The molecule has 0 bridgehead atoms. The number of hydrogen-bond acceptors (Lipinski definition) is 3. The van der Waals surface area contributed by atoms with Crippen molar-refractivity contribution in [2.45, 2.75) is 32.7 Å². The van der Waals surface area contributed by atoms with Gasteiger partial charge in [-0.25, -0.2) is 4.98 Å². The van der Waals surface area contributed by atoms with E-state index in [4.69, 9.17) is 0 Å². The molecule has 1 aromatic carbocycles. The second-order valence-corrected chi connectivity index (χ2v) is 7.27. The summed E-state index contributed by atoms with van der Waals surface area (Å²) >= 11 is 0. The van der Waals surface area contributed by atoms with E-state index in [-0.39, 0.29) is 5.92 Å². The van der Waals surface area contributed by atoms with Crippen LogP contribution < -0.4 is 0 Å². The molecule has 1 N–H and O–H groups in total. The SMILES string of the molecule is Cc1nc2c([nH]1)CC(C(=O)N1CCN(Cc3ccccc3)CC1)CC2. The number of hydrogen-bond donors (Lipinski definition) is 1. The van der Waals surface area contributed by atoms with E-state index in [0.717, 1.165) is 63.5 Å². The third-order valence-corrected chi connectivity index (χ3v) is 5.45. The van der Waals surface area contributed by atoms with Crippen LogP contribution in [-0.2, 0) is 24.2 Å². The molecule has 2 heterocycles. The van der Waals surface area contributed by atoms with Gasteiger partial charge in [0.2, 0.25) is 5.91 Å². The molecule has 1 amide bonds. The van der Waals surface area contributed by atoms with Crippen LogP contribution in [0.2, 0.25) is 0 Å². The van der Waals surface area contributed by atoms with Gasteiger partial charge in [0.15, 0.2) is 0 Å². The molecule has 1 atom stereocenters. The third-order valence-electron chi connectivity index (χ3n) is 5.45. The Bertz CT molecular complexity index is 731. The molecule has 1 aromatic heterocycles. The molecule has 0 radical (unpaired) electrons. The van der Waals surface area contributed by atoms with Gasteiger partial charge in [0.25, 0.3) is 0 Å². The highest BCUT2D eigenvalue weighted by Gasteiger charge is 2.31. The number of benzene rings is 1. The number of piperazine rings is 1. The zero-order valence-electron chi connectivity index (χ0n) is 14.9. The first-order chi connectivity index (χ1) is 12.2. The van der Waals surface area contributed by atoms with Gasteiger partial charge in [-0.2, -0.15) is 0 Å². The second kappa shape index (κ2) is 7.00. The lowest BCUT2D eigenvalue weighted by molar-refractivity contribution is -0.137. The maximum Gasteiger partial charge on any atom is 0.226 e. The van der Waals surface area contributed by atoms with Gasteiger partial charge in [-0.05, 0) is 25.3 Å². The Kier molecular flexibility index (Phi) is 4.57. The minimum Gasteiger partial charge on any atom is -0.346 e. The van der Waals surface area contributed by atoms with Crippen molar-refractivity contribution in [1.29, 1.82) is 0 Å². The van der Waals surface area contributed by atoms with E-state index in [0.29, 0.717) is 5.91 Å². The smallest absolute Gasteiger partial charge is 0.226 e. The maximum absolute atomic E-state index is 12.9. The first-order valence-corrected chi connectivity index (χ1v) is 9.28. The van der Waals surface area contributed by atoms with Crippen molar-refractivity contribution in [1.82, 2.24) is 19.8 Å². The number of fused-ring (bicyclic) bond motifs is 1. The number of carbonyl (C=O) groups is 1. The maximum atomic E-state index is 12.9. The summed E-state index contributed by atoms with van der Waals surface area (Å²) in [6, 6.07) is 10.6. The quantitative estimate of drug-likeness (QED) is 0.933. The summed E-state index contributed by atoms with van der Waals surface area (Å²) in [5, 5.41) is 0. The van der Waals surface area contributed by atoms with Gasteiger partial charge in [0.05, 0.1) is 5.69 Å². The van der Waals surface area contributed by atoms with Gasteiger partial charge < -0.3 is 9.88 Å². The summed E-state index contributed by atoms with van der Waals surface area (Å²) in [6.07, 6.45) is 2.67. The Balaban J connectivity index is 1.31. The topological polar surface area (TPSA) is 52.2 Å². The Morgan fingerprint density at radius 1 is 1.20 bits per heavy atom. The van der Waals surface area contributed by atoms with Gasteiger partial charge in [-0.1, -0.05) is 30.3 Å². The molecule has 2 aliphatic rings. The molecule has 1 aliphatic carbocycles. The van der Waals surface area contributed by atoms with Crippen LogP contribution in [0.25, 0.3) is 0 Å². The number of nitrogens with zero attached hydrogens (tertiary/aromatic N) is 3. The van der Waals surface area contributed by atoms with Crippen molar-refractivity contribution in [3.05, 3.63) is 53.1 Å². The van der Waals surface area contributed by atoms with Crippen LogP contribution in [0.15, 0.2) is 30.3 Å². The highest BCUT2D eigenvalue weighted by molar-refractivity contribution is 5.79. The summed E-state index contributed by atoms with van der Waals surface area (Å²) in [7, 11) is 0. The number of amides is 1. The van der Waals surface area contributed by atoms with Gasteiger partial charge in [-0.15, -0.1) is 0 Å². The van der Waals surface area contributed by atoms with Crippen molar-refractivity contribution in [3.63, 3.8) is 0 Å². The number of carbonyl (C=O) groups excluding carboxylic acids is 1. The summed E-state index contributed by atoms with van der Waals surface area (Å²) in [6.45, 7) is 6.57. The molecule has 0 spiro atoms. The van der Waals surface area contributed by atoms with Crippen molar-refractivity contribution in [3.8, 4) is 0 Å². The average molecular weight is 338 g/mol. The van der Waals surface area contributed by atoms with E-state index < -0.39 is 0 Å². The lowest BCUT2D eigenvalue weighted by atomic mass is 9.88. The van der Waals surface area contributed by atoms with E-state index in [9.17, 15) is 4.79 Å². The highest BCUT2D eigenvalue weighted by atomic mass is 16.2. The third kappa shape index (κ3) is 3.61. The van der Waals surface area contributed by atoms with Gasteiger partial charge in [0.1, 0.15) is 5.82 Å². The van der Waals surface area contributed by atoms with Crippen molar-refractivity contribution in [2.24, 2.45) is 5.92 Å². The van der Waals surface area contributed by atoms with E-state index in [1.165, 1.54) is 11.3 Å². The summed E-state index contributed by atoms with van der Waals surface area (Å²) in [4.78, 5) is 25.3. The van der Waals surface area contributed by atoms with E-state index in [2.05, 4.69) is 50.1 Å². The average Bonchev–Trinajstić information content (AvgIpc) is 3.02. The number of aromatic nitrogens is 2. The lowest BCUT2D eigenvalue weighted by Gasteiger charge is -2.37. The number of nitrogens with one attached hydrogen (secondary N) is 1. The number of aromatic amines is 1. The predicted octanol–water partition coefficient (Wildman–Crippen LogP) is 2.17. The molecule has 1 unspecified atom stereocenters. The minimum atomic E-state index is 0.119. The first kappa shape index (κ1) is 16.3. The van der Waals surface area contributed by atoms with Crippen LogP contribution in [-0.4, -0.2) is 51.9 Å². The summed E-state index contributed by atoms with van der Waals surface area (Å²) < 4.78 is 0. The molecule has 25 heavy (non-hydrogen) atoms. The minimum absolute atomic E-state index is 0.119. The molecule has 5 heteroatoms. The van der Waals surface area contributed by atoms with Crippen LogP contribution in [0.1, 0.15) is 29.2 Å². The monoisotopic (exact) mass is 338 g/mol. The standard InChI is InChI=1S/C20H26N4O/c1-15-21-18-8-7-17(13-19(18)22-15)20(25)24-11-9-23(10-12-24)14-16-5-3-2-4-6-16/h2-6,17H,7-14H2,1H3,(H,21,22). The van der Waals surface area contributed by atoms with Crippen LogP contribution in [0.5, 0.6) is 0 Å². The van der Waals surface area contributed by atoms with Gasteiger partial charge in [0, 0.05) is 50.8 Å². The molecule has 132 valence electrons. The highest BCUT2D eigenvalue weighted by Crippen LogP contribution is 2.26. The van der Waals surface area contributed by atoms with Crippen molar-refractivity contribution in [2.75, 3.05) is 26.2 Å². The fourth-order valence-electron chi connectivity index (χ4n) is 4.06. The Hall–Kier alpha value is -2.14. The fourth-order valence-corrected chi connectivity index (χ4v) is 4.06. The number of H-pyrrole nitrogens is 1. The van der Waals surface area contributed by atoms with Crippen LogP contribution in [0, 0.1) is 12.8 Å². The zero-order valence-corrected chi connectivity index (χ0v) is 14.9. The van der Waals surface area contributed by atoms with Gasteiger partial charge in [-0.3, -0.25) is 9.69 Å². The van der Waals surface area contributed by atoms with E-state index in [1.54, 1.807) is 0 Å². The Labute approximate surface area is 149 Å². The fraction of sp³-hybridized carbons (Fsp3) is 0.500. The Morgan fingerprint density at radius 2 is 1.96 bits per heavy atom. The summed E-state index contributed by atoms with van der Waals surface area (Å²) in [5.41, 5.74) is 3.68. The predicted molar refractivity (Wildman–Crippen MR) is 97.1 cm³/mol. The first-order valence-electron chi connectivity index (χ1n) is 9.28. The largest absolute Gasteiger partial charge is 0.346 e. The van der Waals surface area contributed by atoms with Crippen LogP contribution in [0.4, 0.5) is 0 Å². The number of imidazole rings is 1. The van der Waals surface area contributed by atoms with Crippen molar-refractivity contribution >= 4 is 5.91 Å². The molecule has 1 aliphatic heterocycles. The molecular weight excluding hydrogens is 312 g/mol. The van der Waals surface area contributed by atoms with Gasteiger partial charge >= 0.3 is 0 Å². The molecular formula is C20H26N4O. The second-order valence-electron chi connectivity index (χ2n) is 7.27. The number of rotatable bonds is 3. The summed E-state index contributed by atoms with van der Waals surface area (Å²) in [5.74, 6) is 1.41. The molecule has 0 saturated carbocycles.